The molecule has 0 radical (unpaired) electrons. The third-order valence-corrected chi connectivity index (χ3v) is 5.41. The zero-order chi connectivity index (χ0) is 21.3. The first kappa shape index (κ1) is 19.8. The molecule has 4 rings (SSSR count). The second kappa shape index (κ2) is 8.12. The molecule has 1 aliphatic heterocycles. The quantitative estimate of drug-likeness (QED) is 0.694. The maximum atomic E-state index is 12.8. The average molecular weight is 403 g/mol. The highest BCUT2D eigenvalue weighted by atomic mass is 16.5. The highest BCUT2D eigenvalue weighted by Gasteiger charge is 2.19. The van der Waals surface area contributed by atoms with Crippen LogP contribution >= 0.6 is 0 Å². The Morgan fingerprint density at radius 1 is 1.23 bits per heavy atom. The molecule has 2 heterocycles. The van der Waals surface area contributed by atoms with Crippen LogP contribution in [0.4, 0.5) is 11.5 Å². The summed E-state index contributed by atoms with van der Waals surface area (Å²) in [4.78, 5) is 23.9. The smallest absolute Gasteiger partial charge is 0.278 e. The lowest BCUT2D eigenvalue weighted by Crippen LogP contribution is -2.27. The number of rotatable bonds is 4. The first-order valence-electron chi connectivity index (χ1n) is 9.84. The van der Waals surface area contributed by atoms with E-state index in [4.69, 9.17) is 10.5 Å². The number of carbonyl (C=O) groups is 1. The van der Waals surface area contributed by atoms with Crippen molar-refractivity contribution in [2.45, 2.75) is 19.9 Å². The van der Waals surface area contributed by atoms with Crippen LogP contribution in [0.1, 0.15) is 27.2 Å². The summed E-state index contributed by atoms with van der Waals surface area (Å²) in [6.07, 6.45) is 2.66. The number of likely N-dealkylation sites (N-methyl/N-ethyl adjacent to an activating group) is 1. The average Bonchev–Trinajstić information content (AvgIpc) is 2.74. The van der Waals surface area contributed by atoms with Gasteiger partial charge in [0.05, 0.1) is 19.0 Å². The minimum atomic E-state index is -0.401. The Hall–Kier alpha value is -3.45. The number of hydrogen-bond acceptors (Lipinski definition) is 6. The maximum absolute atomic E-state index is 12.8. The van der Waals surface area contributed by atoms with Crippen LogP contribution in [-0.4, -0.2) is 41.5 Å². The van der Waals surface area contributed by atoms with Crippen molar-refractivity contribution in [3.05, 3.63) is 65.0 Å². The molecule has 0 saturated heterocycles. The fraction of sp³-hybridized carbons (Fsp3) is 0.261. The molecule has 0 saturated carbocycles. The largest absolute Gasteiger partial charge is 0.497 e. The normalized spacial score (nSPS) is 13.6. The number of hydrogen-bond donors (Lipinski definition) is 2. The van der Waals surface area contributed by atoms with E-state index in [2.05, 4.69) is 46.3 Å². The molecule has 7 heteroatoms. The molecule has 0 unspecified atom stereocenters. The predicted molar refractivity (Wildman–Crippen MR) is 118 cm³/mol. The van der Waals surface area contributed by atoms with Gasteiger partial charge in [-0.15, -0.1) is 0 Å². The number of nitrogen functional groups attached to an aromatic ring is 1. The fourth-order valence-corrected chi connectivity index (χ4v) is 3.78. The topological polar surface area (TPSA) is 93.4 Å². The van der Waals surface area contributed by atoms with Gasteiger partial charge in [0.2, 0.25) is 0 Å². The van der Waals surface area contributed by atoms with Gasteiger partial charge in [0, 0.05) is 24.3 Å². The van der Waals surface area contributed by atoms with Crippen molar-refractivity contribution in [2.75, 3.05) is 31.8 Å². The third kappa shape index (κ3) is 3.97. The number of aromatic nitrogens is 2. The van der Waals surface area contributed by atoms with Crippen LogP contribution in [0.5, 0.6) is 5.75 Å². The number of amides is 1. The summed E-state index contributed by atoms with van der Waals surface area (Å²) in [6, 6.07) is 11.3. The van der Waals surface area contributed by atoms with Crippen molar-refractivity contribution in [2.24, 2.45) is 0 Å². The Bertz CT molecular complexity index is 1100. The number of nitrogens with zero attached hydrogens (tertiary/aromatic N) is 3. The number of nitrogens with one attached hydrogen (secondary N) is 1. The zero-order valence-electron chi connectivity index (χ0n) is 17.4. The monoisotopic (exact) mass is 403 g/mol. The van der Waals surface area contributed by atoms with Gasteiger partial charge in [-0.1, -0.05) is 0 Å². The van der Waals surface area contributed by atoms with Crippen LogP contribution in [0.15, 0.2) is 42.6 Å². The lowest BCUT2D eigenvalue weighted by molar-refractivity contribution is 0.102. The van der Waals surface area contributed by atoms with Gasteiger partial charge in [0.15, 0.2) is 11.5 Å². The molecule has 1 aromatic heterocycles. The van der Waals surface area contributed by atoms with E-state index in [-0.39, 0.29) is 11.5 Å². The first-order chi connectivity index (χ1) is 14.4. The van der Waals surface area contributed by atoms with E-state index in [1.165, 1.54) is 16.7 Å². The number of carbonyl (C=O) groups excluding carboxylic acids is 1. The van der Waals surface area contributed by atoms with Crippen LogP contribution in [0.25, 0.3) is 11.3 Å². The molecular weight excluding hydrogens is 378 g/mol. The summed E-state index contributed by atoms with van der Waals surface area (Å²) in [6.45, 7) is 4.08. The number of methoxy groups -OCH3 is 1. The molecular formula is C23H25N5O2. The highest BCUT2D eigenvalue weighted by molar-refractivity contribution is 6.06. The van der Waals surface area contributed by atoms with E-state index >= 15 is 0 Å². The van der Waals surface area contributed by atoms with Crippen molar-refractivity contribution in [3.63, 3.8) is 0 Å². The van der Waals surface area contributed by atoms with Gasteiger partial charge in [-0.25, -0.2) is 9.97 Å². The van der Waals surface area contributed by atoms with Gasteiger partial charge < -0.3 is 20.7 Å². The summed E-state index contributed by atoms with van der Waals surface area (Å²) < 4.78 is 5.14. The van der Waals surface area contributed by atoms with Gasteiger partial charge in [0.1, 0.15) is 5.75 Å². The zero-order valence-corrected chi connectivity index (χ0v) is 17.4. The van der Waals surface area contributed by atoms with E-state index < -0.39 is 5.91 Å². The fourth-order valence-electron chi connectivity index (χ4n) is 3.78. The van der Waals surface area contributed by atoms with Crippen molar-refractivity contribution < 1.29 is 9.53 Å². The molecule has 0 spiro atoms. The maximum Gasteiger partial charge on any atom is 0.278 e. The first-order valence-corrected chi connectivity index (χ1v) is 9.84. The van der Waals surface area contributed by atoms with E-state index in [1.807, 2.05) is 0 Å². The molecule has 3 N–H and O–H groups in total. The number of anilines is 2. The van der Waals surface area contributed by atoms with E-state index in [1.54, 1.807) is 37.6 Å². The van der Waals surface area contributed by atoms with Crippen LogP contribution in [0.2, 0.25) is 0 Å². The standard InChI is InChI=1S/C23H25N5O2/c1-14-10-15(11-16-13-28(2)9-8-19(14)16)20-12-25-22(24)21(27-20)23(29)26-17-4-6-18(30-3)7-5-17/h4-7,10-12H,8-9,13H2,1-3H3,(H2,24,25)(H,26,29). The number of benzene rings is 2. The summed E-state index contributed by atoms with van der Waals surface area (Å²) in [7, 11) is 3.71. The molecule has 0 bridgehead atoms. The van der Waals surface area contributed by atoms with Crippen molar-refractivity contribution in [1.82, 2.24) is 14.9 Å². The summed E-state index contributed by atoms with van der Waals surface area (Å²) in [5.41, 5.74) is 12.2. The van der Waals surface area contributed by atoms with Gasteiger partial charge in [-0.2, -0.15) is 0 Å². The van der Waals surface area contributed by atoms with Crippen LogP contribution in [-0.2, 0) is 13.0 Å². The molecule has 154 valence electrons. The minimum Gasteiger partial charge on any atom is -0.497 e. The van der Waals surface area contributed by atoms with E-state index in [9.17, 15) is 4.79 Å². The Morgan fingerprint density at radius 2 is 2.00 bits per heavy atom. The van der Waals surface area contributed by atoms with E-state index in [0.717, 1.165) is 25.1 Å². The van der Waals surface area contributed by atoms with Crippen LogP contribution in [0, 0.1) is 6.92 Å². The molecule has 1 aliphatic rings. The Morgan fingerprint density at radius 3 is 2.73 bits per heavy atom. The molecule has 3 aromatic rings. The second-order valence-electron chi connectivity index (χ2n) is 7.59. The van der Waals surface area contributed by atoms with Gasteiger partial charge >= 0.3 is 0 Å². The highest BCUT2D eigenvalue weighted by Crippen LogP contribution is 2.28. The Labute approximate surface area is 175 Å². The molecule has 7 nitrogen and oxygen atoms in total. The SMILES string of the molecule is COc1ccc(NC(=O)c2nc(-c3cc(C)c4c(c3)CN(C)CC4)cnc2N)cc1. The van der Waals surface area contributed by atoms with Gasteiger partial charge in [-0.05, 0) is 73.5 Å². The van der Waals surface area contributed by atoms with Crippen molar-refractivity contribution in [3.8, 4) is 17.0 Å². The number of ether oxygens (including phenoxy) is 1. The summed E-state index contributed by atoms with van der Waals surface area (Å²) in [5, 5.41) is 2.81. The molecule has 1 amide bonds. The molecule has 2 aromatic carbocycles. The molecule has 0 atom stereocenters. The molecule has 30 heavy (non-hydrogen) atoms. The predicted octanol–water partition coefficient (Wildman–Crippen LogP) is 3.28. The lowest BCUT2D eigenvalue weighted by Gasteiger charge is -2.27. The summed E-state index contributed by atoms with van der Waals surface area (Å²) >= 11 is 0. The molecule has 0 fully saturated rings. The van der Waals surface area contributed by atoms with Gasteiger partial charge in [-0.3, -0.25) is 4.79 Å². The number of fused-ring (bicyclic) bond motifs is 1. The number of nitrogens with two attached hydrogens (primary N) is 1. The minimum absolute atomic E-state index is 0.0965. The van der Waals surface area contributed by atoms with Crippen molar-refractivity contribution in [1.29, 1.82) is 0 Å². The Balaban J connectivity index is 1.64. The number of aryl methyl sites for hydroxylation is 1. The van der Waals surface area contributed by atoms with E-state index in [0.29, 0.717) is 17.1 Å². The summed E-state index contributed by atoms with van der Waals surface area (Å²) in [5.74, 6) is 0.406. The van der Waals surface area contributed by atoms with Crippen molar-refractivity contribution >= 4 is 17.4 Å². The second-order valence-corrected chi connectivity index (χ2v) is 7.59. The Kier molecular flexibility index (Phi) is 5.37. The van der Waals surface area contributed by atoms with Crippen LogP contribution < -0.4 is 15.8 Å². The molecule has 0 aliphatic carbocycles. The van der Waals surface area contributed by atoms with Gasteiger partial charge in [0.25, 0.3) is 5.91 Å². The van der Waals surface area contributed by atoms with Crippen LogP contribution in [0.3, 0.4) is 0 Å². The lowest BCUT2D eigenvalue weighted by atomic mass is 9.92. The third-order valence-electron chi connectivity index (χ3n) is 5.41.